The van der Waals surface area contributed by atoms with Crippen LogP contribution in [0.5, 0.6) is 5.75 Å². The fraction of sp³-hybridized carbons (Fsp3) is 0.231. The van der Waals surface area contributed by atoms with E-state index in [-0.39, 0.29) is 17.2 Å². The molecule has 0 saturated carbocycles. The molecule has 1 amide bonds. The largest absolute Gasteiger partial charge is 0.496 e. The Bertz CT molecular complexity index is 895. The van der Waals surface area contributed by atoms with Gasteiger partial charge in [0.05, 0.1) is 24.9 Å². The van der Waals surface area contributed by atoms with Crippen molar-refractivity contribution in [2.45, 2.75) is 6.54 Å². The number of aryl methyl sites for hydroxylation is 1. The van der Waals surface area contributed by atoms with Gasteiger partial charge in [0.1, 0.15) is 12.1 Å². The van der Waals surface area contributed by atoms with Gasteiger partial charge in [-0.25, -0.2) is 9.50 Å². The van der Waals surface area contributed by atoms with Crippen LogP contribution in [0.1, 0.15) is 16.1 Å². The number of methoxy groups -OCH3 is 1. The monoisotopic (exact) mass is 319 g/mol. The highest BCUT2D eigenvalue weighted by Gasteiger charge is 2.15. The second-order valence-electron chi connectivity index (χ2n) is 4.57. The zero-order chi connectivity index (χ0) is 15.7. The maximum absolute atomic E-state index is 12.3. The van der Waals surface area contributed by atoms with E-state index >= 15 is 0 Å². The summed E-state index contributed by atoms with van der Waals surface area (Å²) in [6.45, 7) is 0.300. The lowest BCUT2D eigenvalue weighted by Crippen LogP contribution is -2.27. The normalized spacial score (nSPS) is 10.8. The van der Waals surface area contributed by atoms with Gasteiger partial charge < -0.3 is 14.6 Å². The van der Waals surface area contributed by atoms with Crippen LogP contribution in [0.4, 0.5) is 0 Å². The lowest BCUT2D eigenvalue weighted by Gasteiger charge is -2.10. The fourth-order valence-corrected chi connectivity index (χ4v) is 2.81. The van der Waals surface area contributed by atoms with E-state index in [1.165, 1.54) is 41.6 Å². The summed E-state index contributed by atoms with van der Waals surface area (Å²) in [6, 6.07) is 1.29. The lowest BCUT2D eigenvalue weighted by atomic mass is 10.2. The molecule has 9 heteroatoms. The molecule has 0 aliphatic rings. The predicted molar refractivity (Wildman–Crippen MR) is 80.3 cm³/mol. The Kier molecular flexibility index (Phi) is 3.63. The van der Waals surface area contributed by atoms with Gasteiger partial charge in [-0.15, -0.1) is 11.3 Å². The Morgan fingerprint density at radius 1 is 1.50 bits per heavy atom. The first kappa shape index (κ1) is 14.3. The minimum Gasteiger partial charge on any atom is -0.496 e. The highest BCUT2D eigenvalue weighted by atomic mass is 32.1. The van der Waals surface area contributed by atoms with Gasteiger partial charge in [0, 0.05) is 24.7 Å². The molecule has 0 unspecified atom stereocenters. The van der Waals surface area contributed by atoms with E-state index in [1.54, 1.807) is 11.6 Å². The van der Waals surface area contributed by atoms with Crippen molar-refractivity contribution in [1.82, 2.24) is 24.5 Å². The number of hydrogen-bond donors (Lipinski definition) is 1. The number of pyridine rings is 1. The molecule has 3 aromatic rings. The van der Waals surface area contributed by atoms with Crippen molar-refractivity contribution in [2.24, 2.45) is 7.05 Å². The molecule has 0 aliphatic heterocycles. The second-order valence-corrected chi connectivity index (χ2v) is 5.41. The van der Waals surface area contributed by atoms with Gasteiger partial charge in [0.15, 0.2) is 0 Å². The summed E-state index contributed by atoms with van der Waals surface area (Å²) in [4.78, 5) is 28.7. The van der Waals surface area contributed by atoms with Gasteiger partial charge >= 0.3 is 0 Å². The number of thiazole rings is 1. The molecule has 0 fully saturated rings. The van der Waals surface area contributed by atoms with Crippen LogP contribution in [0.3, 0.4) is 0 Å². The van der Waals surface area contributed by atoms with Crippen LogP contribution in [-0.2, 0) is 13.6 Å². The summed E-state index contributed by atoms with van der Waals surface area (Å²) in [5.74, 6) is -0.0799. The van der Waals surface area contributed by atoms with E-state index in [9.17, 15) is 9.59 Å². The Morgan fingerprint density at radius 3 is 3.09 bits per heavy atom. The summed E-state index contributed by atoms with van der Waals surface area (Å²) in [6.07, 6.45) is 2.92. The van der Waals surface area contributed by atoms with Crippen molar-refractivity contribution in [3.05, 3.63) is 45.6 Å². The number of nitrogens with zero attached hydrogens (tertiary/aromatic N) is 4. The van der Waals surface area contributed by atoms with Crippen molar-refractivity contribution in [3.8, 4) is 5.75 Å². The molecule has 3 rings (SSSR count). The van der Waals surface area contributed by atoms with Crippen LogP contribution < -0.4 is 15.6 Å². The van der Waals surface area contributed by atoms with Gasteiger partial charge in [-0.1, -0.05) is 0 Å². The van der Waals surface area contributed by atoms with Crippen molar-refractivity contribution in [2.75, 3.05) is 7.11 Å². The number of ether oxygens (including phenoxy) is 1. The van der Waals surface area contributed by atoms with Crippen LogP contribution in [0.2, 0.25) is 0 Å². The van der Waals surface area contributed by atoms with E-state index < -0.39 is 0 Å². The van der Waals surface area contributed by atoms with Crippen molar-refractivity contribution < 1.29 is 9.53 Å². The number of amides is 1. The van der Waals surface area contributed by atoms with Crippen LogP contribution in [0.15, 0.2) is 28.8 Å². The first-order valence-electron chi connectivity index (χ1n) is 6.39. The molecule has 0 aromatic carbocycles. The predicted octanol–water partition coefficient (Wildman–Crippen LogP) is 0.428. The summed E-state index contributed by atoms with van der Waals surface area (Å²) >= 11 is 1.45. The number of aromatic nitrogens is 4. The van der Waals surface area contributed by atoms with Crippen LogP contribution in [0, 0.1) is 0 Å². The van der Waals surface area contributed by atoms with E-state index in [1.807, 2.05) is 5.38 Å². The summed E-state index contributed by atoms with van der Waals surface area (Å²) < 4.78 is 8.10. The minimum absolute atomic E-state index is 0.240. The molecule has 1 N–H and O–H groups in total. The highest BCUT2D eigenvalue weighted by Crippen LogP contribution is 2.16. The number of hydrogen-bond acceptors (Lipinski definition) is 6. The SMILES string of the molecule is COc1cc(=O)n(C)cc1C(=O)NCc1csc2ncnn12. The molecule has 22 heavy (non-hydrogen) atoms. The number of fused-ring (bicyclic) bond motifs is 1. The number of carbonyl (C=O) groups excluding carboxylic acids is 1. The molecular formula is C13H13N5O3S. The zero-order valence-corrected chi connectivity index (χ0v) is 12.8. The average molecular weight is 319 g/mol. The van der Waals surface area contributed by atoms with Gasteiger partial charge in [-0.3, -0.25) is 9.59 Å². The topological polar surface area (TPSA) is 90.5 Å². The number of carbonyl (C=O) groups is 1. The highest BCUT2D eigenvalue weighted by molar-refractivity contribution is 7.15. The molecule has 114 valence electrons. The third kappa shape index (κ3) is 2.46. The van der Waals surface area contributed by atoms with Crippen molar-refractivity contribution in [1.29, 1.82) is 0 Å². The molecule has 0 spiro atoms. The van der Waals surface area contributed by atoms with E-state index in [4.69, 9.17) is 4.74 Å². The Balaban J connectivity index is 1.81. The Labute approximate surface area is 129 Å². The first-order valence-corrected chi connectivity index (χ1v) is 7.27. The summed E-state index contributed by atoms with van der Waals surface area (Å²) in [7, 11) is 3.00. The van der Waals surface area contributed by atoms with Gasteiger partial charge in [0.25, 0.3) is 11.5 Å². The molecule has 0 atom stereocenters. The Hall–Kier alpha value is -2.68. The zero-order valence-electron chi connectivity index (χ0n) is 11.9. The summed E-state index contributed by atoms with van der Waals surface area (Å²) in [5.41, 5.74) is 0.889. The maximum Gasteiger partial charge on any atom is 0.256 e. The molecule has 0 bridgehead atoms. The van der Waals surface area contributed by atoms with Gasteiger partial charge in [0.2, 0.25) is 4.96 Å². The van der Waals surface area contributed by atoms with E-state index in [0.29, 0.717) is 12.1 Å². The first-order chi connectivity index (χ1) is 10.6. The molecule has 3 aromatic heterocycles. The molecule has 0 radical (unpaired) electrons. The molecule has 8 nitrogen and oxygen atoms in total. The van der Waals surface area contributed by atoms with E-state index in [2.05, 4.69) is 15.4 Å². The fourth-order valence-electron chi connectivity index (χ4n) is 2.01. The number of nitrogens with one attached hydrogen (secondary N) is 1. The smallest absolute Gasteiger partial charge is 0.256 e. The van der Waals surface area contributed by atoms with Crippen molar-refractivity contribution >= 4 is 22.2 Å². The van der Waals surface area contributed by atoms with E-state index in [0.717, 1.165) is 10.7 Å². The average Bonchev–Trinajstić information content (AvgIpc) is 3.10. The quantitative estimate of drug-likeness (QED) is 0.753. The third-order valence-corrected chi connectivity index (χ3v) is 4.05. The molecule has 0 saturated heterocycles. The van der Waals surface area contributed by atoms with Crippen molar-refractivity contribution in [3.63, 3.8) is 0 Å². The molecular weight excluding hydrogens is 306 g/mol. The summed E-state index contributed by atoms with van der Waals surface area (Å²) in [5, 5.41) is 8.75. The van der Waals surface area contributed by atoms with Gasteiger partial charge in [-0.2, -0.15) is 5.10 Å². The van der Waals surface area contributed by atoms with Gasteiger partial charge in [-0.05, 0) is 0 Å². The standard InChI is InChI=1S/C13H13N5O3S/c1-17-5-9(10(21-2)3-11(17)19)12(20)14-4-8-6-22-13-15-7-16-18(8)13/h3,5-7H,4H2,1-2H3,(H,14,20). The molecule has 3 heterocycles. The minimum atomic E-state index is -0.327. The second kappa shape index (κ2) is 5.60. The van der Waals surface area contributed by atoms with Crippen LogP contribution in [-0.4, -0.2) is 32.2 Å². The van der Waals surface area contributed by atoms with Crippen LogP contribution in [0.25, 0.3) is 4.96 Å². The lowest BCUT2D eigenvalue weighted by molar-refractivity contribution is 0.0946. The third-order valence-electron chi connectivity index (χ3n) is 3.17. The maximum atomic E-state index is 12.3. The van der Waals surface area contributed by atoms with Crippen LogP contribution >= 0.6 is 11.3 Å². The number of rotatable bonds is 4. The Morgan fingerprint density at radius 2 is 2.32 bits per heavy atom. The molecule has 0 aliphatic carbocycles.